The quantitative estimate of drug-likeness (QED) is 0.460. The lowest BCUT2D eigenvalue weighted by atomic mass is 9.75. The second-order valence-corrected chi connectivity index (χ2v) is 2.78. The molecule has 1 nitrogen and oxygen atoms in total. The van der Waals surface area contributed by atoms with E-state index in [9.17, 15) is 0 Å². The minimum atomic E-state index is -0.103. The molecule has 0 aromatic carbocycles. The van der Waals surface area contributed by atoms with Crippen molar-refractivity contribution in [2.75, 3.05) is 0 Å². The molecule has 0 unspecified atom stereocenters. The maximum atomic E-state index is 9.13. The number of aliphatic hydroxyl groups excluding tert-OH is 1. The van der Waals surface area contributed by atoms with Crippen LogP contribution in [0.25, 0.3) is 0 Å². The number of hydrogen-bond donors (Lipinski definition) is 1. The lowest BCUT2D eigenvalue weighted by molar-refractivity contribution is 0.0839. The summed E-state index contributed by atoms with van der Waals surface area (Å²) in [6.07, 6.45) is 6.52. The van der Waals surface area contributed by atoms with Crippen LogP contribution in [0.3, 0.4) is 0 Å². The topological polar surface area (TPSA) is 20.2 Å². The third-order valence-electron chi connectivity index (χ3n) is 2.38. The highest BCUT2D eigenvalue weighted by atomic mass is 16.3. The Balaban J connectivity index is 2.14. The highest BCUT2D eigenvalue weighted by Crippen LogP contribution is 2.42. The standard InChI is InChI=1S/C7H10O/c8-7-4-2-5-1-3-6(5)7/h2,4-8H,1,3H2/t5-,6-,7-/m0/s1. The average Bonchev–Trinajstić information content (AvgIpc) is 1.80. The molecule has 1 fully saturated rings. The summed E-state index contributed by atoms with van der Waals surface area (Å²) in [6, 6.07) is 0. The summed E-state index contributed by atoms with van der Waals surface area (Å²) in [5.41, 5.74) is 0. The van der Waals surface area contributed by atoms with Crippen molar-refractivity contribution in [3.8, 4) is 0 Å². The van der Waals surface area contributed by atoms with E-state index < -0.39 is 0 Å². The van der Waals surface area contributed by atoms with Crippen LogP contribution < -0.4 is 0 Å². The summed E-state index contributed by atoms with van der Waals surface area (Å²) in [7, 11) is 0. The van der Waals surface area contributed by atoms with E-state index in [2.05, 4.69) is 6.08 Å². The van der Waals surface area contributed by atoms with E-state index in [4.69, 9.17) is 5.11 Å². The van der Waals surface area contributed by atoms with E-state index in [1.54, 1.807) is 0 Å². The minimum absolute atomic E-state index is 0.103. The van der Waals surface area contributed by atoms with Crippen LogP contribution in [-0.4, -0.2) is 11.2 Å². The Morgan fingerprint density at radius 3 is 2.38 bits per heavy atom. The molecular weight excluding hydrogens is 100 g/mol. The van der Waals surface area contributed by atoms with Crippen molar-refractivity contribution in [1.82, 2.24) is 0 Å². The van der Waals surface area contributed by atoms with Gasteiger partial charge in [0.15, 0.2) is 0 Å². The van der Waals surface area contributed by atoms with E-state index in [0.717, 1.165) is 5.92 Å². The molecule has 1 saturated carbocycles. The Labute approximate surface area is 49.0 Å². The molecule has 1 heteroatoms. The summed E-state index contributed by atoms with van der Waals surface area (Å²) in [6.45, 7) is 0. The molecule has 0 radical (unpaired) electrons. The third kappa shape index (κ3) is 0.402. The SMILES string of the molecule is O[C@H]1C=C[C@@H]2CC[C@@H]21. The highest BCUT2D eigenvalue weighted by Gasteiger charge is 2.37. The Bertz CT molecular complexity index is 120. The number of fused-ring (bicyclic) bond motifs is 1. The fourth-order valence-corrected chi connectivity index (χ4v) is 1.61. The first-order valence-electron chi connectivity index (χ1n) is 3.24. The number of allylic oxidation sites excluding steroid dienone is 1. The van der Waals surface area contributed by atoms with Gasteiger partial charge >= 0.3 is 0 Å². The first-order chi connectivity index (χ1) is 3.88. The van der Waals surface area contributed by atoms with Crippen LogP contribution in [0, 0.1) is 11.8 Å². The van der Waals surface area contributed by atoms with Gasteiger partial charge in [-0.25, -0.2) is 0 Å². The first kappa shape index (κ1) is 4.57. The van der Waals surface area contributed by atoms with Crippen LogP contribution in [-0.2, 0) is 0 Å². The molecule has 8 heavy (non-hydrogen) atoms. The van der Waals surface area contributed by atoms with Crippen molar-refractivity contribution >= 4 is 0 Å². The van der Waals surface area contributed by atoms with Gasteiger partial charge in [0.1, 0.15) is 0 Å². The Kier molecular flexibility index (Phi) is 0.770. The summed E-state index contributed by atoms with van der Waals surface area (Å²) >= 11 is 0. The summed E-state index contributed by atoms with van der Waals surface area (Å²) < 4.78 is 0. The zero-order valence-corrected chi connectivity index (χ0v) is 4.75. The molecule has 2 rings (SSSR count). The van der Waals surface area contributed by atoms with Crippen molar-refractivity contribution in [1.29, 1.82) is 0 Å². The van der Waals surface area contributed by atoms with E-state index in [-0.39, 0.29) is 6.10 Å². The molecule has 0 aromatic heterocycles. The minimum Gasteiger partial charge on any atom is -0.389 e. The number of hydrogen-bond acceptors (Lipinski definition) is 1. The molecule has 2 aliphatic rings. The largest absolute Gasteiger partial charge is 0.389 e. The van der Waals surface area contributed by atoms with Gasteiger partial charge in [-0.15, -0.1) is 0 Å². The molecular formula is C7H10O. The molecule has 0 aromatic rings. The van der Waals surface area contributed by atoms with Gasteiger partial charge in [-0.2, -0.15) is 0 Å². The second kappa shape index (κ2) is 1.35. The van der Waals surface area contributed by atoms with Gasteiger partial charge in [-0.1, -0.05) is 12.2 Å². The smallest absolute Gasteiger partial charge is 0.0754 e. The van der Waals surface area contributed by atoms with Crippen LogP contribution in [0.1, 0.15) is 12.8 Å². The highest BCUT2D eigenvalue weighted by molar-refractivity contribution is 5.11. The second-order valence-electron chi connectivity index (χ2n) is 2.78. The van der Waals surface area contributed by atoms with Crippen LogP contribution >= 0.6 is 0 Å². The first-order valence-corrected chi connectivity index (χ1v) is 3.24. The van der Waals surface area contributed by atoms with Gasteiger partial charge in [-0.05, 0) is 24.7 Å². The van der Waals surface area contributed by atoms with Gasteiger partial charge < -0.3 is 5.11 Å². The Morgan fingerprint density at radius 1 is 1.25 bits per heavy atom. The van der Waals surface area contributed by atoms with Gasteiger partial charge in [0.25, 0.3) is 0 Å². The average molecular weight is 110 g/mol. The molecule has 0 spiro atoms. The van der Waals surface area contributed by atoms with Crippen molar-refractivity contribution < 1.29 is 5.11 Å². The Hall–Kier alpha value is -0.300. The predicted molar refractivity (Wildman–Crippen MR) is 31.4 cm³/mol. The maximum absolute atomic E-state index is 9.13. The van der Waals surface area contributed by atoms with E-state index >= 15 is 0 Å². The fourth-order valence-electron chi connectivity index (χ4n) is 1.61. The van der Waals surface area contributed by atoms with Crippen LogP contribution in [0.5, 0.6) is 0 Å². The molecule has 3 atom stereocenters. The van der Waals surface area contributed by atoms with Gasteiger partial charge in [0.2, 0.25) is 0 Å². The normalized spacial score (nSPS) is 50.9. The molecule has 1 N–H and O–H groups in total. The molecule has 0 aliphatic heterocycles. The van der Waals surface area contributed by atoms with Crippen LogP contribution in [0.4, 0.5) is 0 Å². The lowest BCUT2D eigenvalue weighted by Crippen LogP contribution is -2.28. The fraction of sp³-hybridized carbons (Fsp3) is 0.714. The molecule has 0 bridgehead atoms. The molecule has 0 saturated heterocycles. The zero-order valence-electron chi connectivity index (χ0n) is 4.75. The molecule has 2 aliphatic carbocycles. The number of rotatable bonds is 0. The third-order valence-corrected chi connectivity index (χ3v) is 2.38. The van der Waals surface area contributed by atoms with Crippen molar-refractivity contribution in [2.45, 2.75) is 18.9 Å². The summed E-state index contributed by atoms with van der Waals surface area (Å²) in [5, 5.41) is 9.13. The van der Waals surface area contributed by atoms with Gasteiger partial charge in [0, 0.05) is 0 Å². The van der Waals surface area contributed by atoms with E-state index in [0.29, 0.717) is 5.92 Å². The van der Waals surface area contributed by atoms with Gasteiger partial charge in [0.05, 0.1) is 6.10 Å². The molecule has 0 heterocycles. The van der Waals surface area contributed by atoms with Crippen molar-refractivity contribution in [3.05, 3.63) is 12.2 Å². The maximum Gasteiger partial charge on any atom is 0.0754 e. The lowest BCUT2D eigenvalue weighted by Gasteiger charge is -2.31. The summed E-state index contributed by atoms with van der Waals surface area (Å²) in [5.74, 6) is 1.35. The van der Waals surface area contributed by atoms with Crippen LogP contribution in [0.2, 0.25) is 0 Å². The summed E-state index contributed by atoms with van der Waals surface area (Å²) in [4.78, 5) is 0. The van der Waals surface area contributed by atoms with Gasteiger partial charge in [-0.3, -0.25) is 0 Å². The molecule has 44 valence electrons. The molecule has 0 amide bonds. The Morgan fingerprint density at radius 2 is 2.12 bits per heavy atom. The predicted octanol–water partition coefficient (Wildman–Crippen LogP) is 0.943. The monoisotopic (exact) mass is 110 g/mol. The van der Waals surface area contributed by atoms with Crippen LogP contribution in [0.15, 0.2) is 12.2 Å². The van der Waals surface area contributed by atoms with E-state index in [1.807, 2.05) is 6.08 Å². The number of aliphatic hydroxyl groups is 1. The van der Waals surface area contributed by atoms with Crippen molar-refractivity contribution in [2.24, 2.45) is 11.8 Å². The van der Waals surface area contributed by atoms with Crippen molar-refractivity contribution in [3.63, 3.8) is 0 Å². The van der Waals surface area contributed by atoms with E-state index in [1.165, 1.54) is 12.8 Å². The zero-order chi connectivity index (χ0) is 5.56.